The molecular weight excluding hydrogens is 343 g/mol. The highest BCUT2D eigenvalue weighted by atomic mass is 35.5. The number of benzene rings is 2. The normalized spacial score (nSPS) is 11.3. The summed E-state index contributed by atoms with van der Waals surface area (Å²) in [5, 5.41) is 1.15. The minimum absolute atomic E-state index is 0.555. The van der Waals surface area contributed by atoms with Gasteiger partial charge in [-0.25, -0.2) is 4.98 Å². The molecule has 5 heteroatoms. The summed E-state index contributed by atoms with van der Waals surface area (Å²) in [7, 11) is 0. The van der Waals surface area contributed by atoms with E-state index in [9.17, 15) is 0 Å². The van der Waals surface area contributed by atoms with Crippen molar-refractivity contribution >= 4 is 34.2 Å². The zero-order chi connectivity index (χ0) is 16.8. The topological polar surface area (TPSA) is 41.8 Å². The lowest BCUT2D eigenvalue weighted by Crippen LogP contribution is -1.79. The minimum Gasteiger partial charge on any atom is -0.453 e. The summed E-state index contributed by atoms with van der Waals surface area (Å²) >= 11 is 12.2. The van der Waals surface area contributed by atoms with Gasteiger partial charge >= 0.3 is 0 Å². The van der Waals surface area contributed by atoms with Crippen LogP contribution in [0.15, 0.2) is 46.9 Å². The predicted octanol–water partition coefficient (Wildman–Crippen LogP) is 6.41. The maximum absolute atomic E-state index is 6.25. The Morgan fingerprint density at radius 2 is 1.75 bits per heavy atom. The molecule has 0 radical (unpaired) electrons. The number of rotatable bonds is 2. The Hall–Kier alpha value is -2.23. The van der Waals surface area contributed by atoms with Gasteiger partial charge in [0.1, 0.15) is 5.76 Å². The van der Waals surface area contributed by atoms with Crippen molar-refractivity contribution in [2.45, 2.75) is 13.8 Å². The van der Waals surface area contributed by atoms with Crippen LogP contribution in [0, 0.1) is 13.8 Å². The quantitative estimate of drug-likeness (QED) is 0.450. The molecule has 0 aliphatic heterocycles. The fourth-order valence-electron chi connectivity index (χ4n) is 2.89. The maximum atomic E-state index is 6.25. The molecule has 2 heterocycles. The van der Waals surface area contributed by atoms with E-state index in [2.05, 4.69) is 35.9 Å². The number of fused-ring (bicyclic) bond motifs is 1. The third-order valence-electron chi connectivity index (χ3n) is 3.96. The van der Waals surface area contributed by atoms with Gasteiger partial charge < -0.3 is 9.40 Å². The molecule has 4 rings (SSSR count). The number of aryl methyl sites for hydroxylation is 2. The van der Waals surface area contributed by atoms with Crippen LogP contribution in [-0.4, -0.2) is 9.97 Å². The van der Waals surface area contributed by atoms with Crippen LogP contribution in [0.25, 0.3) is 33.9 Å². The SMILES string of the molecule is Cc1cc(C)c2nc(-c3ccc(-c4ccc(Cl)cc4Cl)o3)[nH]c2c1. The second kappa shape index (κ2) is 5.69. The molecule has 0 spiro atoms. The molecule has 0 bridgehead atoms. The molecule has 0 saturated heterocycles. The van der Waals surface area contributed by atoms with Crippen LogP contribution in [0.3, 0.4) is 0 Å². The third kappa shape index (κ3) is 2.60. The van der Waals surface area contributed by atoms with Gasteiger partial charge in [-0.15, -0.1) is 0 Å². The predicted molar refractivity (Wildman–Crippen MR) is 98.7 cm³/mol. The van der Waals surface area contributed by atoms with Gasteiger partial charge in [-0.05, 0) is 61.4 Å². The van der Waals surface area contributed by atoms with Crippen LogP contribution >= 0.6 is 23.2 Å². The van der Waals surface area contributed by atoms with Crippen molar-refractivity contribution in [1.82, 2.24) is 9.97 Å². The Bertz CT molecular complexity index is 1060. The Kier molecular flexibility index (Phi) is 3.63. The van der Waals surface area contributed by atoms with Crippen LogP contribution in [0.5, 0.6) is 0 Å². The molecule has 1 N–H and O–H groups in total. The summed E-state index contributed by atoms with van der Waals surface area (Å²) in [6.45, 7) is 4.13. The summed E-state index contributed by atoms with van der Waals surface area (Å²) in [6, 6.07) is 13.3. The number of H-pyrrole nitrogens is 1. The fraction of sp³-hybridized carbons (Fsp3) is 0.105. The van der Waals surface area contributed by atoms with Crippen LogP contribution in [0.1, 0.15) is 11.1 Å². The molecule has 0 atom stereocenters. The van der Waals surface area contributed by atoms with Gasteiger partial charge in [-0.1, -0.05) is 29.3 Å². The van der Waals surface area contributed by atoms with E-state index in [0.717, 1.165) is 22.2 Å². The molecule has 2 aromatic heterocycles. The number of halogens is 2. The number of imidazole rings is 1. The van der Waals surface area contributed by atoms with Gasteiger partial charge in [0.15, 0.2) is 11.6 Å². The van der Waals surface area contributed by atoms with Crippen molar-refractivity contribution in [3.63, 3.8) is 0 Å². The lowest BCUT2D eigenvalue weighted by atomic mass is 10.1. The Morgan fingerprint density at radius 3 is 2.54 bits per heavy atom. The van der Waals surface area contributed by atoms with Gasteiger partial charge in [0.05, 0.1) is 16.1 Å². The van der Waals surface area contributed by atoms with Crippen LogP contribution in [0.2, 0.25) is 10.0 Å². The van der Waals surface area contributed by atoms with E-state index in [1.54, 1.807) is 12.1 Å². The molecule has 24 heavy (non-hydrogen) atoms. The van der Waals surface area contributed by atoms with E-state index in [1.807, 2.05) is 18.2 Å². The fourth-order valence-corrected chi connectivity index (χ4v) is 3.39. The molecule has 2 aromatic carbocycles. The second-order valence-corrected chi connectivity index (χ2v) is 6.70. The van der Waals surface area contributed by atoms with Gasteiger partial charge in [0.25, 0.3) is 0 Å². The number of aromatic amines is 1. The first-order valence-corrected chi connectivity index (χ1v) is 8.29. The zero-order valence-electron chi connectivity index (χ0n) is 13.2. The summed E-state index contributed by atoms with van der Waals surface area (Å²) in [4.78, 5) is 7.99. The Labute approximate surface area is 149 Å². The number of furan rings is 1. The molecule has 0 aliphatic rings. The first-order valence-electron chi connectivity index (χ1n) is 7.54. The van der Waals surface area contributed by atoms with E-state index in [4.69, 9.17) is 27.6 Å². The monoisotopic (exact) mass is 356 g/mol. The standard InChI is InChI=1S/C19H14Cl2N2O/c1-10-7-11(2)18-15(8-10)22-19(23-18)17-6-5-16(24-17)13-4-3-12(20)9-14(13)21/h3-9H,1-2H3,(H,22,23). The molecule has 4 aromatic rings. The van der Waals surface area contributed by atoms with E-state index >= 15 is 0 Å². The van der Waals surface area contributed by atoms with Crippen molar-refractivity contribution < 1.29 is 4.42 Å². The number of hydrogen-bond acceptors (Lipinski definition) is 2. The number of aromatic nitrogens is 2. The molecule has 120 valence electrons. The second-order valence-electron chi connectivity index (χ2n) is 5.85. The molecule has 0 saturated carbocycles. The Balaban J connectivity index is 1.79. The number of hydrogen-bond donors (Lipinski definition) is 1. The third-order valence-corrected chi connectivity index (χ3v) is 4.51. The molecule has 3 nitrogen and oxygen atoms in total. The highest BCUT2D eigenvalue weighted by Crippen LogP contribution is 2.34. The zero-order valence-corrected chi connectivity index (χ0v) is 14.7. The van der Waals surface area contributed by atoms with Crippen molar-refractivity contribution in [3.8, 4) is 22.9 Å². The molecular formula is C19H14Cl2N2O. The van der Waals surface area contributed by atoms with Gasteiger partial charge in [0, 0.05) is 10.6 Å². The number of nitrogens with zero attached hydrogens (tertiary/aromatic N) is 1. The Morgan fingerprint density at radius 1 is 0.958 bits per heavy atom. The largest absolute Gasteiger partial charge is 0.453 e. The van der Waals surface area contributed by atoms with E-state index in [1.165, 1.54) is 5.56 Å². The smallest absolute Gasteiger partial charge is 0.174 e. The number of nitrogens with one attached hydrogen (secondary N) is 1. The van der Waals surface area contributed by atoms with Crippen molar-refractivity contribution in [1.29, 1.82) is 0 Å². The summed E-state index contributed by atoms with van der Waals surface area (Å²) in [6.07, 6.45) is 0. The van der Waals surface area contributed by atoms with Crippen molar-refractivity contribution in [2.75, 3.05) is 0 Å². The van der Waals surface area contributed by atoms with Gasteiger partial charge in [-0.2, -0.15) is 0 Å². The first kappa shape index (κ1) is 15.3. The van der Waals surface area contributed by atoms with Gasteiger partial charge in [-0.3, -0.25) is 0 Å². The van der Waals surface area contributed by atoms with Gasteiger partial charge in [0.2, 0.25) is 0 Å². The van der Waals surface area contributed by atoms with Crippen LogP contribution < -0.4 is 0 Å². The molecule has 0 aliphatic carbocycles. The summed E-state index contributed by atoms with van der Waals surface area (Å²) < 4.78 is 5.95. The van der Waals surface area contributed by atoms with Crippen molar-refractivity contribution in [2.24, 2.45) is 0 Å². The molecule has 0 fully saturated rings. The average molecular weight is 357 g/mol. The summed E-state index contributed by atoms with van der Waals surface area (Å²) in [5.41, 5.74) is 5.10. The average Bonchev–Trinajstić information content (AvgIpc) is 3.13. The lowest BCUT2D eigenvalue weighted by molar-refractivity contribution is 0.593. The molecule has 0 amide bonds. The van der Waals surface area contributed by atoms with Crippen LogP contribution in [0.4, 0.5) is 0 Å². The lowest BCUT2D eigenvalue weighted by Gasteiger charge is -2.01. The van der Waals surface area contributed by atoms with Crippen molar-refractivity contribution in [3.05, 3.63) is 63.6 Å². The highest BCUT2D eigenvalue weighted by Gasteiger charge is 2.14. The summed E-state index contributed by atoms with van der Waals surface area (Å²) in [5.74, 6) is 2.05. The first-order chi connectivity index (χ1) is 11.5. The minimum atomic E-state index is 0.555. The van der Waals surface area contributed by atoms with E-state index in [0.29, 0.717) is 27.4 Å². The highest BCUT2D eigenvalue weighted by molar-refractivity contribution is 6.36. The molecule has 0 unspecified atom stereocenters. The van der Waals surface area contributed by atoms with Crippen LogP contribution in [-0.2, 0) is 0 Å². The van der Waals surface area contributed by atoms with E-state index in [-0.39, 0.29) is 0 Å². The maximum Gasteiger partial charge on any atom is 0.174 e. The van der Waals surface area contributed by atoms with E-state index < -0.39 is 0 Å².